The molecule has 1 heterocycles. The third-order valence-electron chi connectivity index (χ3n) is 1.87. The number of hydrogen-bond acceptors (Lipinski definition) is 3. The molecule has 0 saturated carbocycles. The maximum absolute atomic E-state index is 12.0. The van der Waals surface area contributed by atoms with Crippen LogP contribution in [0.5, 0.6) is 0 Å². The van der Waals surface area contributed by atoms with Crippen LogP contribution in [0.1, 0.15) is 0 Å². The smallest absolute Gasteiger partial charge is 0.471 e. The number of ether oxygens (including phenoxy) is 1. The third-order valence-corrected chi connectivity index (χ3v) is 1.87. The predicted octanol–water partition coefficient (Wildman–Crippen LogP) is -0.139. The summed E-state index contributed by atoms with van der Waals surface area (Å²) in [6.07, 6.45) is -6.36. The van der Waals surface area contributed by atoms with Crippen molar-refractivity contribution in [2.24, 2.45) is 0 Å². The fourth-order valence-electron chi connectivity index (χ4n) is 1.16. The van der Waals surface area contributed by atoms with E-state index in [-0.39, 0.29) is 13.2 Å². The molecule has 0 radical (unpaired) electrons. The van der Waals surface area contributed by atoms with Gasteiger partial charge in [0.05, 0.1) is 13.2 Å². The molecule has 1 rings (SSSR count). The molecule has 0 aromatic rings. The zero-order chi connectivity index (χ0) is 11.6. The fraction of sp³-hybridized carbons (Fsp3) is 0.714. The number of rotatable bonds is 1. The third kappa shape index (κ3) is 2.82. The van der Waals surface area contributed by atoms with Crippen molar-refractivity contribution in [3.05, 3.63) is 0 Å². The number of aliphatic carboxylic acids is 1. The Morgan fingerprint density at radius 3 is 2.47 bits per heavy atom. The van der Waals surface area contributed by atoms with Crippen LogP contribution in [0.25, 0.3) is 0 Å². The second-order valence-corrected chi connectivity index (χ2v) is 2.95. The van der Waals surface area contributed by atoms with E-state index in [1.807, 2.05) is 0 Å². The highest BCUT2D eigenvalue weighted by atomic mass is 19.4. The molecule has 1 atom stereocenters. The molecule has 0 aromatic carbocycles. The minimum Gasteiger partial charge on any atom is -0.479 e. The average molecular weight is 227 g/mol. The lowest BCUT2D eigenvalue weighted by Crippen LogP contribution is -2.52. The van der Waals surface area contributed by atoms with Crippen LogP contribution in [-0.4, -0.2) is 53.9 Å². The number of hydrogen-bond donors (Lipinski definition) is 1. The van der Waals surface area contributed by atoms with Crippen molar-refractivity contribution in [3.8, 4) is 0 Å². The van der Waals surface area contributed by atoms with Crippen LogP contribution in [0.3, 0.4) is 0 Å². The fourth-order valence-corrected chi connectivity index (χ4v) is 1.16. The van der Waals surface area contributed by atoms with Crippen LogP contribution < -0.4 is 0 Å². The van der Waals surface area contributed by atoms with E-state index in [4.69, 9.17) is 5.11 Å². The van der Waals surface area contributed by atoms with Crippen LogP contribution in [0.2, 0.25) is 0 Å². The van der Waals surface area contributed by atoms with Crippen LogP contribution in [-0.2, 0) is 14.3 Å². The predicted molar refractivity (Wildman–Crippen MR) is 40.0 cm³/mol. The van der Waals surface area contributed by atoms with E-state index in [2.05, 4.69) is 4.74 Å². The Balaban J connectivity index is 2.64. The highest BCUT2D eigenvalue weighted by Gasteiger charge is 2.44. The second kappa shape index (κ2) is 4.05. The molecule has 0 aromatic heterocycles. The Labute approximate surface area is 82.4 Å². The first-order chi connectivity index (χ1) is 6.82. The zero-order valence-electron chi connectivity index (χ0n) is 7.45. The van der Waals surface area contributed by atoms with E-state index in [1.54, 1.807) is 0 Å². The number of carbonyl (C=O) groups is 2. The van der Waals surface area contributed by atoms with Gasteiger partial charge in [0.1, 0.15) is 0 Å². The quantitative estimate of drug-likeness (QED) is 0.677. The number of carboxylic acid groups (broad SMARTS) is 1. The van der Waals surface area contributed by atoms with Crippen LogP contribution in [0.15, 0.2) is 0 Å². The molecule has 1 amide bonds. The molecule has 1 unspecified atom stereocenters. The van der Waals surface area contributed by atoms with E-state index in [9.17, 15) is 22.8 Å². The maximum atomic E-state index is 12.0. The molecule has 0 spiro atoms. The number of amides is 1. The largest absolute Gasteiger partial charge is 0.479 e. The summed E-state index contributed by atoms with van der Waals surface area (Å²) >= 11 is 0. The van der Waals surface area contributed by atoms with Gasteiger partial charge in [-0.1, -0.05) is 0 Å². The van der Waals surface area contributed by atoms with Gasteiger partial charge in [0.2, 0.25) is 0 Å². The minimum absolute atomic E-state index is 0.210. The lowest BCUT2D eigenvalue weighted by Gasteiger charge is -2.31. The van der Waals surface area contributed by atoms with Crippen LogP contribution in [0.4, 0.5) is 13.2 Å². The molecule has 15 heavy (non-hydrogen) atoms. The normalized spacial score (nSPS) is 22.6. The van der Waals surface area contributed by atoms with E-state index in [0.29, 0.717) is 4.90 Å². The van der Waals surface area contributed by atoms with Crippen molar-refractivity contribution < 1.29 is 32.6 Å². The van der Waals surface area contributed by atoms with Gasteiger partial charge >= 0.3 is 18.1 Å². The highest BCUT2D eigenvalue weighted by Crippen LogP contribution is 2.20. The van der Waals surface area contributed by atoms with E-state index in [0.717, 1.165) is 0 Å². The lowest BCUT2D eigenvalue weighted by atomic mass is 10.2. The first kappa shape index (κ1) is 11.8. The molecule has 8 heteroatoms. The Hall–Kier alpha value is -1.31. The first-order valence-corrected chi connectivity index (χ1v) is 4.03. The molecule has 1 aliphatic heterocycles. The Morgan fingerprint density at radius 1 is 1.40 bits per heavy atom. The number of morpholine rings is 1. The van der Waals surface area contributed by atoms with Gasteiger partial charge in [0, 0.05) is 6.54 Å². The van der Waals surface area contributed by atoms with Gasteiger partial charge in [-0.25, -0.2) is 4.79 Å². The summed E-state index contributed by atoms with van der Waals surface area (Å²) in [5.74, 6) is -3.41. The average Bonchev–Trinajstić information content (AvgIpc) is 2.15. The minimum atomic E-state index is -4.97. The van der Waals surface area contributed by atoms with Gasteiger partial charge < -0.3 is 14.7 Å². The SMILES string of the molecule is O=C(O)C1CN(C(=O)C(F)(F)F)CCO1. The van der Waals surface area contributed by atoms with E-state index in [1.165, 1.54) is 0 Å². The van der Waals surface area contributed by atoms with Crippen molar-refractivity contribution in [3.63, 3.8) is 0 Å². The maximum Gasteiger partial charge on any atom is 0.471 e. The van der Waals surface area contributed by atoms with Gasteiger partial charge in [0.25, 0.3) is 0 Å². The summed E-state index contributed by atoms with van der Waals surface area (Å²) < 4.78 is 40.6. The van der Waals surface area contributed by atoms with E-state index >= 15 is 0 Å². The van der Waals surface area contributed by atoms with Crippen molar-refractivity contribution in [1.29, 1.82) is 0 Å². The summed E-state index contributed by atoms with van der Waals surface area (Å²) in [7, 11) is 0. The number of nitrogens with zero attached hydrogens (tertiary/aromatic N) is 1. The summed E-state index contributed by atoms with van der Waals surface area (Å²) in [4.78, 5) is 21.6. The van der Waals surface area contributed by atoms with Crippen molar-refractivity contribution in [2.75, 3.05) is 19.7 Å². The molecule has 1 N–H and O–H groups in total. The van der Waals surface area contributed by atoms with Crippen molar-refractivity contribution in [2.45, 2.75) is 12.3 Å². The second-order valence-electron chi connectivity index (χ2n) is 2.95. The molecule has 1 saturated heterocycles. The number of carbonyl (C=O) groups excluding carboxylic acids is 1. The first-order valence-electron chi connectivity index (χ1n) is 4.03. The van der Waals surface area contributed by atoms with Crippen molar-refractivity contribution >= 4 is 11.9 Å². The van der Waals surface area contributed by atoms with Gasteiger partial charge in [-0.3, -0.25) is 4.79 Å². The molecule has 0 aliphatic carbocycles. The highest BCUT2D eigenvalue weighted by molar-refractivity contribution is 5.83. The van der Waals surface area contributed by atoms with E-state index < -0.39 is 30.7 Å². The summed E-state index contributed by atoms with van der Waals surface area (Å²) in [6, 6.07) is 0. The van der Waals surface area contributed by atoms with Crippen LogP contribution >= 0.6 is 0 Å². The Bertz CT molecular complexity index is 278. The molecule has 1 fully saturated rings. The molecule has 86 valence electrons. The summed E-state index contributed by atoms with van der Waals surface area (Å²) in [5, 5.41) is 8.50. The number of halogens is 3. The molecule has 5 nitrogen and oxygen atoms in total. The Morgan fingerprint density at radius 2 is 2.00 bits per heavy atom. The molecule has 1 aliphatic rings. The molecular weight excluding hydrogens is 219 g/mol. The summed E-state index contributed by atoms with van der Waals surface area (Å²) in [5.41, 5.74) is 0. The standard InChI is InChI=1S/C7H8F3NO4/c8-7(9,10)6(14)11-1-2-15-4(3-11)5(12)13/h4H,1-3H2,(H,12,13). The zero-order valence-corrected chi connectivity index (χ0v) is 7.45. The monoisotopic (exact) mass is 227 g/mol. The van der Waals surface area contributed by atoms with Gasteiger partial charge in [-0.2, -0.15) is 13.2 Å². The molecule has 0 bridgehead atoms. The van der Waals surface area contributed by atoms with Crippen molar-refractivity contribution in [1.82, 2.24) is 4.90 Å². The molecular formula is C7H8F3NO4. The number of carboxylic acids is 1. The lowest BCUT2D eigenvalue weighted by molar-refractivity contribution is -0.192. The van der Waals surface area contributed by atoms with Gasteiger partial charge in [-0.05, 0) is 0 Å². The Kier molecular flexibility index (Phi) is 3.18. The van der Waals surface area contributed by atoms with Gasteiger partial charge in [-0.15, -0.1) is 0 Å². The van der Waals surface area contributed by atoms with Crippen LogP contribution in [0, 0.1) is 0 Å². The topological polar surface area (TPSA) is 66.8 Å². The summed E-state index contributed by atoms with van der Waals surface area (Å²) in [6.45, 7) is -1.03. The van der Waals surface area contributed by atoms with Gasteiger partial charge in [0.15, 0.2) is 6.10 Å². The number of alkyl halides is 3.